The summed E-state index contributed by atoms with van der Waals surface area (Å²) in [4.78, 5) is 34.4. The van der Waals surface area contributed by atoms with Crippen LogP contribution in [0.25, 0.3) is 0 Å². The lowest BCUT2D eigenvalue weighted by atomic mass is 10.0. The van der Waals surface area contributed by atoms with Crippen LogP contribution >= 0.6 is 0 Å². The van der Waals surface area contributed by atoms with Crippen molar-refractivity contribution in [2.75, 3.05) is 32.6 Å². The Hall–Kier alpha value is -4.19. The first-order valence-corrected chi connectivity index (χ1v) is 12.7. The summed E-state index contributed by atoms with van der Waals surface area (Å²) in [6, 6.07) is 11.1. The smallest absolute Gasteiger partial charge is 0.423 e. The van der Waals surface area contributed by atoms with Crippen LogP contribution in [0, 0.1) is 0 Å². The molecule has 0 aliphatic carbocycles. The number of hydrogen-bond acceptors (Lipinski definition) is 8. The topological polar surface area (TPSA) is 106 Å². The normalized spacial score (nSPS) is 14.4. The van der Waals surface area contributed by atoms with Gasteiger partial charge in [-0.15, -0.1) is 0 Å². The molecule has 4 rings (SSSR count). The first kappa shape index (κ1) is 28.8. The maximum Gasteiger partial charge on any atom is 0.423 e. The van der Waals surface area contributed by atoms with Crippen LogP contribution in [0.4, 0.5) is 24.8 Å². The molecule has 0 atom stereocenters. The number of carbonyl (C=O) groups is 2. The van der Waals surface area contributed by atoms with E-state index in [1.54, 1.807) is 30.3 Å². The Morgan fingerprint density at radius 1 is 1.10 bits per heavy atom. The van der Waals surface area contributed by atoms with Gasteiger partial charge in [-0.1, -0.05) is 18.2 Å². The number of hydrogen-bond donors (Lipinski definition) is 2. The van der Waals surface area contributed by atoms with E-state index in [9.17, 15) is 22.8 Å². The van der Waals surface area contributed by atoms with Crippen LogP contribution in [0.2, 0.25) is 0 Å². The van der Waals surface area contributed by atoms with Gasteiger partial charge in [-0.25, -0.2) is 4.98 Å². The number of amides is 1. The third-order valence-corrected chi connectivity index (χ3v) is 6.44. The summed E-state index contributed by atoms with van der Waals surface area (Å²) in [5, 5.41) is 5.87. The zero-order valence-electron chi connectivity index (χ0n) is 22.3. The van der Waals surface area contributed by atoms with Gasteiger partial charge in [0.2, 0.25) is 11.8 Å². The van der Waals surface area contributed by atoms with E-state index in [4.69, 9.17) is 9.47 Å². The molecule has 0 bridgehead atoms. The van der Waals surface area contributed by atoms with Crippen LogP contribution in [-0.2, 0) is 17.4 Å². The predicted octanol–water partition coefficient (Wildman–Crippen LogP) is 5.00. The number of nitrogens with one attached hydrogen (secondary N) is 2. The molecule has 3 aromatic rings. The van der Waals surface area contributed by atoms with Gasteiger partial charge in [-0.3, -0.25) is 9.59 Å². The van der Waals surface area contributed by atoms with Gasteiger partial charge in [0.25, 0.3) is 5.91 Å². The standard InChI is InChI=1S/C28H30F3N5O4/c1-17(37)14-18-6-4-5-7-23(18)40-26-21(28(29,30)31)16-32-27(35-26)34-22-9-8-19(15-24(22)39-3)25(38)33-20-10-12-36(2)13-11-20/h4-9,15-16,20H,10-14H2,1-3H3,(H,33,38)(H,32,34,35). The number of aromatic nitrogens is 2. The number of nitrogens with zero attached hydrogens (tertiary/aromatic N) is 3. The molecule has 1 aliphatic rings. The number of Topliss-reactive ketones (excluding diaryl/α,β-unsaturated/α-hetero) is 1. The number of ketones is 1. The molecule has 40 heavy (non-hydrogen) atoms. The molecule has 0 unspecified atom stereocenters. The second kappa shape index (κ2) is 12.3. The summed E-state index contributed by atoms with van der Waals surface area (Å²) in [7, 11) is 3.45. The van der Waals surface area contributed by atoms with Crippen molar-refractivity contribution in [3.8, 4) is 17.4 Å². The highest BCUT2D eigenvalue weighted by Crippen LogP contribution is 2.38. The Morgan fingerprint density at radius 3 is 2.50 bits per heavy atom. The van der Waals surface area contributed by atoms with Crippen molar-refractivity contribution in [2.24, 2.45) is 0 Å². The fraction of sp³-hybridized carbons (Fsp3) is 0.357. The molecule has 1 aromatic heterocycles. The van der Waals surface area contributed by atoms with Gasteiger partial charge in [0.1, 0.15) is 22.8 Å². The van der Waals surface area contributed by atoms with E-state index in [-0.39, 0.29) is 41.6 Å². The fourth-order valence-electron chi connectivity index (χ4n) is 4.30. The van der Waals surface area contributed by atoms with E-state index in [1.165, 1.54) is 26.2 Å². The van der Waals surface area contributed by atoms with E-state index >= 15 is 0 Å². The molecular formula is C28H30F3N5O4. The average Bonchev–Trinajstić information content (AvgIpc) is 2.90. The number of ether oxygens (including phenoxy) is 2. The summed E-state index contributed by atoms with van der Waals surface area (Å²) >= 11 is 0. The molecule has 1 saturated heterocycles. The number of likely N-dealkylation sites (tertiary alicyclic amines) is 1. The highest BCUT2D eigenvalue weighted by atomic mass is 19.4. The molecule has 0 radical (unpaired) electrons. The van der Waals surface area contributed by atoms with Crippen molar-refractivity contribution >= 4 is 23.3 Å². The summed E-state index contributed by atoms with van der Waals surface area (Å²) in [6.45, 7) is 3.18. The molecule has 1 amide bonds. The summed E-state index contributed by atoms with van der Waals surface area (Å²) in [5.41, 5.74) is -0.0441. The highest BCUT2D eigenvalue weighted by Gasteiger charge is 2.37. The van der Waals surface area contributed by atoms with Crippen LogP contribution in [0.15, 0.2) is 48.7 Å². The van der Waals surface area contributed by atoms with Crippen molar-refractivity contribution in [2.45, 2.75) is 38.4 Å². The number of para-hydroxylation sites is 1. The van der Waals surface area contributed by atoms with Crippen molar-refractivity contribution in [1.29, 1.82) is 0 Å². The van der Waals surface area contributed by atoms with Crippen LogP contribution in [0.3, 0.4) is 0 Å². The van der Waals surface area contributed by atoms with E-state index < -0.39 is 17.6 Å². The van der Waals surface area contributed by atoms with Crippen molar-refractivity contribution in [3.63, 3.8) is 0 Å². The predicted molar refractivity (Wildman–Crippen MR) is 142 cm³/mol. The summed E-state index contributed by atoms with van der Waals surface area (Å²) < 4.78 is 52.3. The number of rotatable bonds is 9. The maximum absolute atomic E-state index is 13.8. The Labute approximate surface area is 229 Å². The zero-order valence-corrected chi connectivity index (χ0v) is 22.3. The van der Waals surface area contributed by atoms with Crippen molar-refractivity contribution < 1.29 is 32.2 Å². The number of methoxy groups -OCH3 is 1. The largest absolute Gasteiger partial charge is 0.495 e. The zero-order chi connectivity index (χ0) is 28.9. The first-order valence-electron chi connectivity index (χ1n) is 12.7. The lowest BCUT2D eigenvalue weighted by Gasteiger charge is -2.29. The van der Waals surface area contributed by atoms with E-state index in [1.807, 2.05) is 7.05 Å². The Morgan fingerprint density at radius 2 is 1.82 bits per heavy atom. The molecule has 212 valence electrons. The summed E-state index contributed by atoms with van der Waals surface area (Å²) in [6.07, 6.45) is -2.47. The first-order chi connectivity index (χ1) is 19.0. The number of carbonyl (C=O) groups excluding carboxylic acids is 2. The molecule has 2 N–H and O–H groups in total. The van der Waals surface area contributed by atoms with Crippen LogP contribution in [-0.4, -0.2) is 59.8 Å². The number of anilines is 2. The molecule has 1 aliphatic heterocycles. The number of piperidine rings is 1. The number of benzene rings is 2. The molecule has 9 nitrogen and oxygen atoms in total. The minimum Gasteiger partial charge on any atom is -0.495 e. The average molecular weight is 558 g/mol. The quantitative estimate of drug-likeness (QED) is 0.379. The SMILES string of the molecule is COc1cc(C(=O)NC2CCN(C)CC2)ccc1Nc1ncc(C(F)(F)F)c(Oc2ccccc2CC(C)=O)n1. The second-order valence-corrected chi connectivity index (χ2v) is 9.59. The lowest BCUT2D eigenvalue weighted by molar-refractivity contribution is -0.139. The third kappa shape index (κ3) is 7.26. The molecule has 0 spiro atoms. The minimum atomic E-state index is -4.79. The Kier molecular flexibility index (Phi) is 8.88. The van der Waals surface area contributed by atoms with Gasteiger partial charge in [-0.05, 0) is 64.2 Å². The van der Waals surface area contributed by atoms with Crippen LogP contribution in [0.1, 0.15) is 41.3 Å². The summed E-state index contributed by atoms with van der Waals surface area (Å²) in [5.74, 6) is -0.986. The van der Waals surface area contributed by atoms with E-state index in [2.05, 4.69) is 25.5 Å². The third-order valence-electron chi connectivity index (χ3n) is 6.44. The van der Waals surface area contributed by atoms with Gasteiger partial charge in [-0.2, -0.15) is 18.2 Å². The van der Waals surface area contributed by atoms with Gasteiger partial charge < -0.3 is 25.0 Å². The molecule has 0 saturated carbocycles. The highest BCUT2D eigenvalue weighted by molar-refractivity contribution is 5.95. The van der Waals surface area contributed by atoms with Gasteiger partial charge in [0.15, 0.2) is 0 Å². The van der Waals surface area contributed by atoms with Gasteiger partial charge >= 0.3 is 6.18 Å². The molecule has 2 heterocycles. The fourth-order valence-corrected chi connectivity index (χ4v) is 4.30. The number of alkyl halides is 3. The monoisotopic (exact) mass is 557 g/mol. The second-order valence-electron chi connectivity index (χ2n) is 9.59. The Balaban J connectivity index is 1.57. The van der Waals surface area contributed by atoms with Gasteiger partial charge in [0.05, 0.1) is 12.8 Å². The van der Waals surface area contributed by atoms with E-state index in [0.717, 1.165) is 25.9 Å². The van der Waals surface area contributed by atoms with Gasteiger partial charge in [0, 0.05) is 29.8 Å². The molecular weight excluding hydrogens is 527 g/mol. The molecule has 2 aromatic carbocycles. The minimum absolute atomic E-state index is 0.0113. The van der Waals surface area contributed by atoms with Crippen LogP contribution in [0.5, 0.6) is 17.4 Å². The lowest BCUT2D eigenvalue weighted by Crippen LogP contribution is -2.43. The molecule has 1 fully saturated rings. The van der Waals surface area contributed by atoms with Crippen LogP contribution < -0.4 is 20.1 Å². The maximum atomic E-state index is 13.8. The van der Waals surface area contributed by atoms with Crippen molar-refractivity contribution in [3.05, 3.63) is 65.4 Å². The molecule has 12 heteroatoms. The number of halogens is 3. The van der Waals surface area contributed by atoms with Crippen molar-refractivity contribution in [1.82, 2.24) is 20.2 Å². The Bertz CT molecular complexity index is 1370. The van der Waals surface area contributed by atoms with E-state index in [0.29, 0.717) is 23.0 Å².